The maximum atomic E-state index is 10.9. The van der Waals surface area contributed by atoms with Crippen molar-refractivity contribution in [3.63, 3.8) is 0 Å². The topological polar surface area (TPSA) is 54.9 Å². The molecule has 1 rings (SSSR count). The highest BCUT2D eigenvalue weighted by molar-refractivity contribution is 5.89. The van der Waals surface area contributed by atoms with Crippen molar-refractivity contribution >= 4 is 11.7 Å². The summed E-state index contributed by atoms with van der Waals surface area (Å²) in [6, 6.07) is 0. The fourth-order valence-electron chi connectivity index (χ4n) is 0.755. The molecule has 14 heavy (non-hydrogen) atoms. The van der Waals surface area contributed by atoms with Gasteiger partial charge in [-0.2, -0.15) is 0 Å². The maximum absolute atomic E-state index is 10.9. The van der Waals surface area contributed by atoms with Gasteiger partial charge in [0.1, 0.15) is 0 Å². The third kappa shape index (κ3) is 4.54. The fourth-order valence-corrected chi connectivity index (χ4v) is 0.755. The molecule has 0 aliphatic carbocycles. The van der Waals surface area contributed by atoms with Crippen molar-refractivity contribution in [3.05, 3.63) is 18.1 Å². The normalized spacial score (nSPS) is 8.57. The highest BCUT2D eigenvalue weighted by atomic mass is 16.1. The number of anilines is 1. The molecule has 0 unspecified atom stereocenters. The van der Waals surface area contributed by atoms with Crippen LogP contribution in [0.4, 0.5) is 5.82 Å². The van der Waals surface area contributed by atoms with E-state index in [2.05, 4.69) is 15.3 Å². The van der Waals surface area contributed by atoms with Crippen LogP contribution in [0.15, 0.2) is 12.4 Å². The molecule has 0 saturated carbocycles. The number of hydrogen-bond donors (Lipinski definition) is 1. The van der Waals surface area contributed by atoms with Crippen molar-refractivity contribution < 1.29 is 4.79 Å². The lowest BCUT2D eigenvalue weighted by Crippen LogP contribution is -2.11. The number of rotatable bonds is 2. The molecule has 0 saturated heterocycles. The van der Waals surface area contributed by atoms with Gasteiger partial charge in [0, 0.05) is 12.6 Å². The second-order valence-corrected chi connectivity index (χ2v) is 2.45. The SMILES string of the molecule is CC.CCC(=O)Nc1cncc(C)n1. The molecule has 1 amide bonds. The van der Waals surface area contributed by atoms with Gasteiger partial charge in [-0.3, -0.25) is 9.78 Å². The van der Waals surface area contributed by atoms with E-state index in [4.69, 9.17) is 0 Å². The van der Waals surface area contributed by atoms with E-state index in [1.807, 2.05) is 20.8 Å². The number of amides is 1. The van der Waals surface area contributed by atoms with E-state index in [1.54, 1.807) is 13.1 Å². The number of nitrogens with one attached hydrogen (secondary N) is 1. The summed E-state index contributed by atoms with van der Waals surface area (Å²) in [4.78, 5) is 18.9. The van der Waals surface area contributed by atoms with Gasteiger partial charge in [0.25, 0.3) is 0 Å². The van der Waals surface area contributed by atoms with E-state index < -0.39 is 0 Å². The molecule has 0 atom stereocenters. The van der Waals surface area contributed by atoms with Gasteiger partial charge in [-0.1, -0.05) is 20.8 Å². The van der Waals surface area contributed by atoms with Crippen molar-refractivity contribution in [2.24, 2.45) is 0 Å². The Hall–Kier alpha value is -1.45. The number of carbonyl (C=O) groups is 1. The number of hydrogen-bond acceptors (Lipinski definition) is 3. The summed E-state index contributed by atoms with van der Waals surface area (Å²) in [6.45, 7) is 7.62. The first kappa shape index (κ1) is 12.6. The summed E-state index contributed by atoms with van der Waals surface area (Å²) < 4.78 is 0. The fraction of sp³-hybridized carbons (Fsp3) is 0.500. The summed E-state index contributed by atoms with van der Waals surface area (Å²) in [7, 11) is 0. The third-order valence-corrected chi connectivity index (χ3v) is 1.34. The molecule has 0 fully saturated rings. The van der Waals surface area contributed by atoms with Crippen LogP contribution in [0.3, 0.4) is 0 Å². The number of carbonyl (C=O) groups excluding carboxylic acids is 1. The summed E-state index contributed by atoms with van der Waals surface area (Å²) in [5, 5.41) is 2.62. The Kier molecular flexibility index (Phi) is 6.28. The first-order valence-electron chi connectivity index (χ1n) is 4.81. The Morgan fingerprint density at radius 1 is 1.43 bits per heavy atom. The molecule has 0 aliphatic rings. The molecular formula is C10H17N3O. The minimum Gasteiger partial charge on any atom is -0.309 e. The lowest BCUT2D eigenvalue weighted by atomic mass is 10.4. The van der Waals surface area contributed by atoms with E-state index >= 15 is 0 Å². The zero-order valence-electron chi connectivity index (χ0n) is 9.16. The summed E-state index contributed by atoms with van der Waals surface area (Å²) in [5.74, 6) is 0.469. The quantitative estimate of drug-likeness (QED) is 0.786. The van der Waals surface area contributed by atoms with Gasteiger partial charge < -0.3 is 5.32 Å². The Bertz CT molecular complexity index is 286. The highest BCUT2D eigenvalue weighted by Gasteiger charge is 1.99. The standard InChI is InChI=1S/C8H11N3O.C2H6/c1-3-8(12)11-7-5-9-4-6(2)10-7;1-2/h4-5H,3H2,1-2H3,(H,10,11,12);1-2H3. The molecule has 0 aromatic carbocycles. The van der Waals surface area contributed by atoms with Gasteiger partial charge in [-0.25, -0.2) is 4.98 Å². The van der Waals surface area contributed by atoms with Crippen molar-refractivity contribution in [1.82, 2.24) is 9.97 Å². The zero-order chi connectivity index (χ0) is 11.0. The minimum absolute atomic E-state index is 0.0464. The van der Waals surface area contributed by atoms with Crippen LogP contribution in [0.1, 0.15) is 32.9 Å². The van der Waals surface area contributed by atoms with Gasteiger partial charge in [-0.15, -0.1) is 0 Å². The predicted molar refractivity (Wildman–Crippen MR) is 57.0 cm³/mol. The van der Waals surface area contributed by atoms with Crippen LogP contribution < -0.4 is 5.32 Å². The largest absolute Gasteiger partial charge is 0.309 e. The van der Waals surface area contributed by atoms with E-state index in [9.17, 15) is 4.79 Å². The van der Waals surface area contributed by atoms with Crippen LogP contribution in [0.2, 0.25) is 0 Å². The second kappa shape index (κ2) is 7.00. The molecule has 0 spiro atoms. The molecule has 1 N–H and O–H groups in total. The van der Waals surface area contributed by atoms with Crippen LogP contribution >= 0.6 is 0 Å². The number of aromatic nitrogens is 2. The Balaban J connectivity index is 0.000000791. The molecular weight excluding hydrogens is 178 g/mol. The van der Waals surface area contributed by atoms with E-state index in [0.29, 0.717) is 12.2 Å². The van der Waals surface area contributed by atoms with Crippen molar-refractivity contribution in [2.45, 2.75) is 34.1 Å². The van der Waals surface area contributed by atoms with Gasteiger partial charge in [0.05, 0.1) is 11.9 Å². The average Bonchev–Trinajstić information content (AvgIpc) is 2.21. The van der Waals surface area contributed by atoms with E-state index in [0.717, 1.165) is 5.69 Å². The summed E-state index contributed by atoms with van der Waals surface area (Å²) in [5.41, 5.74) is 0.795. The number of nitrogens with zero attached hydrogens (tertiary/aromatic N) is 2. The Morgan fingerprint density at radius 3 is 2.57 bits per heavy atom. The molecule has 78 valence electrons. The minimum atomic E-state index is -0.0464. The van der Waals surface area contributed by atoms with Crippen LogP contribution in [-0.4, -0.2) is 15.9 Å². The Labute approximate surface area is 84.8 Å². The lowest BCUT2D eigenvalue weighted by molar-refractivity contribution is -0.115. The predicted octanol–water partition coefficient (Wildman–Crippen LogP) is 2.16. The smallest absolute Gasteiger partial charge is 0.225 e. The molecule has 0 aliphatic heterocycles. The van der Waals surface area contributed by atoms with Crippen molar-refractivity contribution in [2.75, 3.05) is 5.32 Å². The first-order chi connectivity index (χ1) is 6.72. The lowest BCUT2D eigenvalue weighted by Gasteiger charge is -2.01. The highest BCUT2D eigenvalue weighted by Crippen LogP contribution is 2.00. The van der Waals surface area contributed by atoms with Crippen LogP contribution in [0.5, 0.6) is 0 Å². The molecule has 4 heteroatoms. The van der Waals surface area contributed by atoms with Gasteiger partial charge in [0.2, 0.25) is 5.91 Å². The average molecular weight is 195 g/mol. The van der Waals surface area contributed by atoms with Gasteiger partial charge in [0.15, 0.2) is 5.82 Å². The van der Waals surface area contributed by atoms with Crippen molar-refractivity contribution in [3.8, 4) is 0 Å². The molecule has 4 nitrogen and oxygen atoms in total. The first-order valence-corrected chi connectivity index (χ1v) is 4.81. The number of aryl methyl sites for hydroxylation is 1. The molecule has 1 heterocycles. The molecule has 1 aromatic heterocycles. The Morgan fingerprint density at radius 2 is 2.07 bits per heavy atom. The van der Waals surface area contributed by atoms with Crippen molar-refractivity contribution in [1.29, 1.82) is 0 Å². The van der Waals surface area contributed by atoms with E-state index in [-0.39, 0.29) is 5.91 Å². The van der Waals surface area contributed by atoms with Crippen LogP contribution in [0.25, 0.3) is 0 Å². The zero-order valence-corrected chi connectivity index (χ0v) is 9.16. The third-order valence-electron chi connectivity index (χ3n) is 1.34. The second-order valence-electron chi connectivity index (χ2n) is 2.45. The molecule has 0 bridgehead atoms. The monoisotopic (exact) mass is 195 g/mol. The maximum Gasteiger partial charge on any atom is 0.225 e. The molecule has 0 radical (unpaired) electrons. The van der Waals surface area contributed by atoms with Crippen LogP contribution in [-0.2, 0) is 4.79 Å². The summed E-state index contributed by atoms with van der Waals surface area (Å²) in [6.07, 6.45) is 3.62. The van der Waals surface area contributed by atoms with E-state index in [1.165, 1.54) is 6.20 Å². The van der Waals surface area contributed by atoms with Crippen LogP contribution in [0, 0.1) is 6.92 Å². The van der Waals surface area contributed by atoms with Gasteiger partial charge >= 0.3 is 0 Å². The molecule has 1 aromatic rings. The van der Waals surface area contributed by atoms with Gasteiger partial charge in [-0.05, 0) is 6.92 Å². The summed E-state index contributed by atoms with van der Waals surface area (Å²) >= 11 is 0.